The fourth-order valence-electron chi connectivity index (χ4n) is 6.60. The lowest BCUT2D eigenvalue weighted by Gasteiger charge is -2.44. The van der Waals surface area contributed by atoms with Gasteiger partial charge in [0.1, 0.15) is 5.75 Å². The van der Waals surface area contributed by atoms with E-state index in [4.69, 9.17) is 44.3 Å². The third-order valence-corrected chi connectivity index (χ3v) is 8.70. The fraction of sp³-hybridized carbons (Fsp3) is 0.645. The van der Waals surface area contributed by atoms with E-state index in [2.05, 4.69) is 14.7 Å². The van der Waals surface area contributed by atoms with E-state index in [1.807, 2.05) is 24.3 Å². The molecule has 1 aliphatic carbocycles. The number of amides is 1. The summed E-state index contributed by atoms with van der Waals surface area (Å²) in [6, 6.07) is 7.88. The van der Waals surface area contributed by atoms with Crippen molar-refractivity contribution in [3.05, 3.63) is 29.8 Å². The van der Waals surface area contributed by atoms with Crippen LogP contribution in [0.15, 0.2) is 24.3 Å². The number of ether oxygens (including phenoxy) is 1. The summed E-state index contributed by atoms with van der Waals surface area (Å²) < 4.78 is 6.00. The predicted octanol–water partition coefficient (Wildman–Crippen LogP) is 2.94. The first kappa shape index (κ1) is 34.8. The Bertz CT molecular complexity index is 1060. The maximum Gasteiger partial charge on any atom is 0.414 e. The van der Waals surface area contributed by atoms with E-state index in [-0.39, 0.29) is 12.1 Å². The number of fused-ring (bicyclic) bond motifs is 1. The molecule has 4 fully saturated rings. The molecule has 0 spiro atoms. The highest BCUT2D eigenvalue weighted by Crippen LogP contribution is 2.37. The van der Waals surface area contributed by atoms with Gasteiger partial charge in [0.15, 0.2) is 0 Å². The Morgan fingerprint density at radius 1 is 0.682 bits per heavy atom. The Morgan fingerprint density at radius 2 is 1.23 bits per heavy atom. The number of carboxylic acids is 4. The topological polar surface area (TPSA) is 185 Å². The molecule has 4 aliphatic rings. The van der Waals surface area contributed by atoms with Crippen molar-refractivity contribution in [3.63, 3.8) is 0 Å². The minimum atomic E-state index is -1.82. The number of rotatable bonds is 7. The summed E-state index contributed by atoms with van der Waals surface area (Å²) in [6.45, 7) is 7.67. The van der Waals surface area contributed by atoms with Crippen molar-refractivity contribution in [2.75, 3.05) is 45.9 Å². The molecule has 1 aromatic rings. The third kappa shape index (κ3) is 10.8. The van der Waals surface area contributed by atoms with Crippen molar-refractivity contribution >= 4 is 29.8 Å². The Labute approximate surface area is 257 Å². The molecule has 44 heavy (non-hydrogen) atoms. The van der Waals surface area contributed by atoms with Crippen LogP contribution in [0.3, 0.4) is 0 Å². The van der Waals surface area contributed by atoms with E-state index in [1.54, 1.807) is 0 Å². The van der Waals surface area contributed by atoms with Gasteiger partial charge in [0.05, 0.1) is 12.8 Å². The summed E-state index contributed by atoms with van der Waals surface area (Å²) in [6.07, 6.45) is 13.0. The van der Waals surface area contributed by atoms with Crippen molar-refractivity contribution in [2.45, 2.75) is 70.4 Å². The van der Waals surface area contributed by atoms with E-state index < -0.39 is 23.9 Å². The van der Waals surface area contributed by atoms with Crippen LogP contribution >= 0.6 is 0 Å². The normalized spacial score (nSPS) is 23.3. The zero-order chi connectivity index (χ0) is 32.1. The second kappa shape index (κ2) is 17.6. The van der Waals surface area contributed by atoms with Gasteiger partial charge in [0.25, 0.3) is 5.91 Å². The molecular formula is C31H45N3O10. The van der Waals surface area contributed by atoms with Crippen LogP contribution in [0.2, 0.25) is 0 Å². The van der Waals surface area contributed by atoms with Crippen molar-refractivity contribution in [1.29, 1.82) is 0 Å². The molecule has 3 unspecified atom stereocenters. The first-order chi connectivity index (χ1) is 21.1. The van der Waals surface area contributed by atoms with Gasteiger partial charge in [-0.25, -0.2) is 19.2 Å². The van der Waals surface area contributed by atoms with Gasteiger partial charge in [-0.2, -0.15) is 0 Å². The number of carboxylic acid groups (broad SMARTS) is 4. The molecule has 5 rings (SSSR count). The number of benzene rings is 1. The van der Waals surface area contributed by atoms with Gasteiger partial charge >= 0.3 is 23.9 Å². The van der Waals surface area contributed by atoms with Crippen molar-refractivity contribution in [2.24, 2.45) is 11.8 Å². The van der Waals surface area contributed by atoms with Gasteiger partial charge in [-0.3, -0.25) is 9.69 Å². The molecule has 0 aromatic heterocycles. The molecule has 13 nitrogen and oxygen atoms in total. The average Bonchev–Trinajstić information content (AvgIpc) is 3.63. The summed E-state index contributed by atoms with van der Waals surface area (Å²) in [4.78, 5) is 57.0. The smallest absolute Gasteiger partial charge is 0.414 e. The fourth-order valence-corrected chi connectivity index (χ4v) is 6.60. The molecule has 1 amide bonds. The average molecular weight is 620 g/mol. The lowest BCUT2D eigenvalue weighted by molar-refractivity contribution is -0.159. The van der Waals surface area contributed by atoms with Crippen LogP contribution in [0.5, 0.6) is 5.75 Å². The number of carbonyl (C=O) groups excluding carboxylic acids is 1. The summed E-state index contributed by atoms with van der Waals surface area (Å²) in [7, 11) is 0. The number of nitrogens with zero attached hydrogens (tertiary/aromatic N) is 3. The highest BCUT2D eigenvalue weighted by Gasteiger charge is 2.35. The second-order valence-electron chi connectivity index (χ2n) is 11.7. The van der Waals surface area contributed by atoms with Crippen LogP contribution < -0.4 is 4.74 Å². The highest BCUT2D eigenvalue weighted by atomic mass is 16.5. The zero-order valence-electron chi connectivity index (χ0n) is 25.1. The summed E-state index contributed by atoms with van der Waals surface area (Å²) >= 11 is 0. The van der Waals surface area contributed by atoms with Gasteiger partial charge in [0, 0.05) is 44.8 Å². The number of hydrogen-bond donors (Lipinski definition) is 4. The highest BCUT2D eigenvalue weighted by molar-refractivity contribution is 6.27. The Balaban J connectivity index is 0.000000375. The number of likely N-dealkylation sites (tertiary alicyclic amines) is 3. The van der Waals surface area contributed by atoms with Crippen molar-refractivity contribution < 1.29 is 49.1 Å². The SMILES string of the molecule is O=C(O)C(=O)O.O=C(O)C(=O)O.O=C(c1ccc(OCCCN2CC3CCCC3C2)cc1)N1CCCCC1N1CCCCC1. The minimum absolute atomic E-state index is 0.186. The largest absolute Gasteiger partial charge is 0.494 e. The van der Waals surface area contributed by atoms with Crippen LogP contribution in [0, 0.1) is 11.8 Å². The molecule has 0 bridgehead atoms. The van der Waals surface area contributed by atoms with E-state index in [0.717, 1.165) is 75.2 Å². The molecule has 1 aromatic carbocycles. The van der Waals surface area contributed by atoms with E-state index in [1.165, 1.54) is 58.0 Å². The van der Waals surface area contributed by atoms with E-state index in [9.17, 15) is 4.79 Å². The molecular weight excluding hydrogens is 574 g/mol. The number of carbonyl (C=O) groups is 5. The number of piperidine rings is 2. The lowest BCUT2D eigenvalue weighted by Crippen LogP contribution is -2.54. The molecule has 0 radical (unpaired) electrons. The van der Waals surface area contributed by atoms with Crippen LogP contribution in [0.1, 0.15) is 74.6 Å². The quantitative estimate of drug-likeness (QED) is 0.259. The molecule has 4 N–H and O–H groups in total. The van der Waals surface area contributed by atoms with Gasteiger partial charge in [-0.05, 0) is 87.5 Å². The van der Waals surface area contributed by atoms with Crippen molar-refractivity contribution in [3.8, 4) is 5.75 Å². The van der Waals surface area contributed by atoms with Crippen LogP contribution in [0.4, 0.5) is 0 Å². The molecule has 3 aliphatic heterocycles. The standard InChI is InChI=1S/C27H41N3O2.2C2H2O4/c31-27(30-18-5-2-10-26(30)29-16-3-1-4-17-29)22-11-13-25(14-12-22)32-19-7-15-28-20-23-8-6-9-24(23)21-28;2*3-1(4)2(5)6/h11-14,23-24,26H,1-10,15-21H2;2*(H,3,4)(H,5,6). The first-order valence-electron chi connectivity index (χ1n) is 15.5. The zero-order valence-corrected chi connectivity index (χ0v) is 25.1. The molecule has 1 saturated carbocycles. The Kier molecular flexibility index (Phi) is 13.9. The second-order valence-corrected chi connectivity index (χ2v) is 11.7. The third-order valence-electron chi connectivity index (χ3n) is 8.70. The monoisotopic (exact) mass is 619 g/mol. The van der Waals surface area contributed by atoms with E-state index in [0.29, 0.717) is 0 Å². The van der Waals surface area contributed by atoms with Gasteiger partial charge in [0.2, 0.25) is 0 Å². The van der Waals surface area contributed by atoms with Gasteiger partial charge in [-0.1, -0.05) is 12.8 Å². The molecule has 3 saturated heterocycles. The first-order valence-corrected chi connectivity index (χ1v) is 15.5. The van der Waals surface area contributed by atoms with Gasteiger partial charge in [-0.15, -0.1) is 0 Å². The summed E-state index contributed by atoms with van der Waals surface area (Å²) in [5.41, 5.74) is 0.796. The Hall–Kier alpha value is -3.71. The van der Waals surface area contributed by atoms with Crippen LogP contribution in [-0.4, -0.2) is 117 Å². The van der Waals surface area contributed by atoms with Crippen LogP contribution in [0.25, 0.3) is 0 Å². The van der Waals surface area contributed by atoms with Crippen LogP contribution in [-0.2, 0) is 19.2 Å². The minimum Gasteiger partial charge on any atom is -0.494 e. The Morgan fingerprint density at radius 3 is 1.77 bits per heavy atom. The number of hydrogen-bond acceptors (Lipinski definition) is 8. The molecule has 3 atom stereocenters. The maximum atomic E-state index is 13.3. The van der Waals surface area contributed by atoms with E-state index >= 15 is 0 Å². The molecule has 3 heterocycles. The summed E-state index contributed by atoms with van der Waals surface area (Å²) in [5, 5.41) is 29.6. The molecule has 244 valence electrons. The summed E-state index contributed by atoms with van der Waals surface area (Å²) in [5.74, 6) is -4.29. The maximum absolute atomic E-state index is 13.3. The molecule has 13 heteroatoms. The predicted molar refractivity (Wildman–Crippen MR) is 158 cm³/mol. The van der Waals surface area contributed by atoms with Crippen molar-refractivity contribution in [1.82, 2.24) is 14.7 Å². The number of aliphatic carboxylic acids is 4. The van der Waals surface area contributed by atoms with Gasteiger partial charge < -0.3 is 35.0 Å². The lowest BCUT2D eigenvalue weighted by atomic mass is 10.0.